The summed E-state index contributed by atoms with van der Waals surface area (Å²) in [5.41, 5.74) is -0.559. The van der Waals surface area contributed by atoms with Gasteiger partial charge in [0.25, 0.3) is 0 Å². The van der Waals surface area contributed by atoms with Gasteiger partial charge in [0.2, 0.25) is 0 Å². The topological polar surface area (TPSA) is 38.8 Å². The molecule has 0 N–H and O–H groups in total. The summed E-state index contributed by atoms with van der Waals surface area (Å²) in [5, 5.41) is 0. The Morgan fingerprint density at radius 1 is 1.12 bits per heavy atom. The van der Waals surface area contributed by atoms with Gasteiger partial charge in [0, 0.05) is 0 Å². The Morgan fingerprint density at radius 2 is 1.65 bits per heavy atom. The van der Waals surface area contributed by atoms with Gasteiger partial charge in [-0.25, -0.2) is 4.79 Å². The van der Waals surface area contributed by atoms with E-state index in [1.165, 1.54) is 52.1 Å². The molecule has 1 aliphatic heterocycles. The van der Waals surface area contributed by atoms with Crippen LogP contribution in [0.25, 0.3) is 0 Å². The first-order valence-electron chi connectivity index (χ1n) is 6.97. The first-order valence-corrected chi connectivity index (χ1v) is 6.97. The van der Waals surface area contributed by atoms with Crippen LogP contribution in [0, 0.1) is 0 Å². The Morgan fingerprint density at radius 3 is 2.12 bits per heavy atom. The van der Waals surface area contributed by atoms with Crippen LogP contribution in [0.15, 0.2) is 0 Å². The van der Waals surface area contributed by atoms with Crippen LogP contribution in [0.5, 0.6) is 0 Å². The highest BCUT2D eigenvalue weighted by Gasteiger charge is 2.52. The standard InChI is InChI=1S/C14H26O3/c1-3-4-5-6-7-8-9-10-11-14(12-17-14)13(15)16-2/h3-12H2,1-2H3/t14-/m1/s1. The van der Waals surface area contributed by atoms with Gasteiger partial charge >= 0.3 is 5.97 Å². The number of hydrogen-bond acceptors (Lipinski definition) is 3. The molecule has 0 saturated carbocycles. The fourth-order valence-electron chi connectivity index (χ4n) is 2.18. The predicted octanol–water partition coefficient (Wildman–Crippen LogP) is 3.46. The van der Waals surface area contributed by atoms with E-state index in [0.29, 0.717) is 6.61 Å². The monoisotopic (exact) mass is 242 g/mol. The maximum atomic E-state index is 11.4. The lowest BCUT2D eigenvalue weighted by atomic mass is 10.0. The maximum Gasteiger partial charge on any atom is 0.340 e. The van der Waals surface area contributed by atoms with Gasteiger partial charge in [-0.1, -0.05) is 51.9 Å². The molecule has 0 spiro atoms. The molecule has 0 aromatic rings. The van der Waals surface area contributed by atoms with E-state index >= 15 is 0 Å². The van der Waals surface area contributed by atoms with Gasteiger partial charge in [-0.3, -0.25) is 0 Å². The minimum atomic E-state index is -0.559. The van der Waals surface area contributed by atoms with Gasteiger partial charge in [-0.2, -0.15) is 0 Å². The van der Waals surface area contributed by atoms with Crippen LogP contribution in [0.2, 0.25) is 0 Å². The second-order valence-corrected chi connectivity index (χ2v) is 5.00. The summed E-state index contributed by atoms with van der Waals surface area (Å²) in [7, 11) is 1.43. The van der Waals surface area contributed by atoms with E-state index in [0.717, 1.165) is 12.8 Å². The van der Waals surface area contributed by atoms with E-state index in [2.05, 4.69) is 6.92 Å². The van der Waals surface area contributed by atoms with Gasteiger partial charge < -0.3 is 9.47 Å². The second-order valence-electron chi connectivity index (χ2n) is 5.00. The van der Waals surface area contributed by atoms with Crippen LogP contribution in [0.3, 0.4) is 0 Å². The molecule has 0 radical (unpaired) electrons. The first-order chi connectivity index (χ1) is 8.25. The average molecular weight is 242 g/mol. The minimum absolute atomic E-state index is 0.194. The van der Waals surface area contributed by atoms with Gasteiger partial charge in [0.15, 0.2) is 5.60 Å². The average Bonchev–Trinajstić information content (AvgIpc) is 3.13. The van der Waals surface area contributed by atoms with E-state index in [1.54, 1.807) is 0 Å². The van der Waals surface area contributed by atoms with Crippen molar-refractivity contribution in [3.05, 3.63) is 0 Å². The molecule has 1 aliphatic rings. The van der Waals surface area contributed by atoms with Crippen molar-refractivity contribution in [2.45, 2.75) is 70.3 Å². The van der Waals surface area contributed by atoms with Crippen LogP contribution in [0.1, 0.15) is 64.7 Å². The molecule has 3 heteroatoms. The van der Waals surface area contributed by atoms with Crippen LogP contribution >= 0.6 is 0 Å². The van der Waals surface area contributed by atoms with Crippen molar-refractivity contribution in [3.8, 4) is 0 Å². The van der Waals surface area contributed by atoms with Crippen LogP contribution in [-0.2, 0) is 14.3 Å². The molecule has 3 nitrogen and oxygen atoms in total. The third kappa shape index (κ3) is 5.07. The van der Waals surface area contributed by atoms with Crippen LogP contribution in [-0.4, -0.2) is 25.3 Å². The highest BCUT2D eigenvalue weighted by molar-refractivity contribution is 5.82. The smallest absolute Gasteiger partial charge is 0.340 e. The number of unbranched alkanes of at least 4 members (excludes halogenated alkanes) is 7. The van der Waals surface area contributed by atoms with Crippen molar-refractivity contribution in [1.29, 1.82) is 0 Å². The summed E-state index contributed by atoms with van der Waals surface area (Å²) in [6.45, 7) is 2.79. The number of carbonyl (C=O) groups is 1. The molecule has 100 valence electrons. The molecular formula is C14H26O3. The zero-order valence-electron chi connectivity index (χ0n) is 11.3. The van der Waals surface area contributed by atoms with E-state index in [4.69, 9.17) is 9.47 Å². The molecule has 0 aliphatic carbocycles. The van der Waals surface area contributed by atoms with Crippen molar-refractivity contribution >= 4 is 5.97 Å². The SMILES string of the molecule is CCCCCCCCCC[C@]1(C(=O)OC)CO1. The first kappa shape index (κ1) is 14.5. The summed E-state index contributed by atoms with van der Waals surface area (Å²) >= 11 is 0. The second kappa shape index (κ2) is 7.70. The molecule has 1 heterocycles. The Hall–Kier alpha value is -0.570. The summed E-state index contributed by atoms with van der Waals surface area (Å²) in [6.07, 6.45) is 11.1. The summed E-state index contributed by atoms with van der Waals surface area (Å²) in [4.78, 5) is 11.4. The number of methoxy groups -OCH3 is 1. The summed E-state index contributed by atoms with van der Waals surface area (Å²) < 4.78 is 9.97. The molecule has 1 fully saturated rings. The molecule has 17 heavy (non-hydrogen) atoms. The van der Waals surface area contributed by atoms with E-state index in [-0.39, 0.29) is 5.97 Å². The van der Waals surface area contributed by atoms with Gasteiger partial charge in [0.1, 0.15) is 0 Å². The number of esters is 1. The number of ether oxygens (including phenoxy) is 2. The lowest BCUT2D eigenvalue weighted by molar-refractivity contribution is -0.147. The minimum Gasteiger partial charge on any atom is -0.467 e. The van der Waals surface area contributed by atoms with Gasteiger partial charge in [-0.05, 0) is 12.8 Å². The summed E-state index contributed by atoms with van der Waals surface area (Å²) in [5.74, 6) is -0.194. The molecule has 0 unspecified atom stereocenters. The van der Waals surface area contributed by atoms with E-state index < -0.39 is 5.60 Å². The number of rotatable bonds is 10. The predicted molar refractivity (Wildman–Crippen MR) is 67.9 cm³/mol. The highest BCUT2D eigenvalue weighted by Crippen LogP contribution is 2.34. The van der Waals surface area contributed by atoms with Crippen molar-refractivity contribution in [1.82, 2.24) is 0 Å². The molecule has 0 amide bonds. The molecule has 0 aromatic carbocycles. The van der Waals surface area contributed by atoms with Crippen molar-refractivity contribution < 1.29 is 14.3 Å². The highest BCUT2D eigenvalue weighted by atomic mass is 16.6. The largest absolute Gasteiger partial charge is 0.467 e. The maximum absolute atomic E-state index is 11.4. The summed E-state index contributed by atoms with van der Waals surface area (Å²) in [6, 6.07) is 0. The molecule has 1 rings (SSSR count). The molecule has 0 bridgehead atoms. The number of epoxide rings is 1. The third-order valence-electron chi connectivity index (χ3n) is 3.48. The fourth-order valence-corrected chi connectivity index (χ4v) is 2.18. The quantitative estimate of drug-likeness (QED) is 0.334. The van der Waals surface area contributed by atoms with Crippen molar-refractivity contribution in [3.63, 3.8) is 0 Å². The molecule has 1 atom stereocenters. The lowest BCUT2D eigenvalue weighted by Crippen LogP contribution is -2.25. The van der Waals surface area contributed by atoms with Gasteiger partial charge in [-0.15, -0.1) is 0 Å². The zero-order valence-corrected chi connectivity index (χ0v) is 11.3. The molecule has 0 aromatic heterocycles. The molecular weight excluding hydrogens is 216 g/mol. The number of carbonyl (C=O) groups excluding carboxylic acids is 1. The zero-order chi connectivity index (χ0) is 12.6. The molecule has 1 saturated heterocycles. The van der Waals surface area contributed by atoms with Crippen LogP contribution < -0.4 is 0 Å². The normalized spacial score (nSPS) is 22.5. The Balaban J connectivity index is 1.92. The Kier molecular flexibility index (Phi) is 6.56. The lowest BCUT2D eigenvalue weighted by Gasteiger charge is -2.08. The van der Waals surface area contributed by atoms with E-state index in [9.17, 15) is 4.79 Å². The Labute approximate surface area is 105 Å². The van der Waals surface area contributed by atoms with Crippen LogP contribution in [0.4, 0.5) is 0 Å². The van der Waals surface area contributed by atoms with Gasteiger partial charge in [0.05, 0.1) is 13.7 Å². The third-order valence-corrected chi connectivity index (χ3v) is 3.48. The van der Waals surface area contributed by atoms with E-state index in [1.807, 2.05) is 0 Å². The number of hydrogen-bond donors (Lipinski definition) is 0. The Bertz CT molecular complexity index is 222. The fraction of sp³-hybridized carbons (Fsp3) is 0.929. The van der Waals surface area contributed by atoms with Crippen molar-refractivity contribution in [2.75, 3.05) is 13.7 Å². The van der Waals surface area contributed by atoms with Crippen molar-refractivity contribution in [2.24, 2.45) is 0 Å².